The van der Waals surface area contributed by atoms with Crippen molar-refractivity contribution in [2.24, 2.45) is 0 Å². The van der Waals surface area contributed by atoms with Gasteiger partial charge in [0.15, 0.2) is 5.78 Å². The third kappa shape index (κ3) is 6.61. The Balaban J connectivity index is 1.64. The number of ketones is 1. The zero-order valence-electron chi connectivity index (χ0n) is 21.3. The van der Waals surface area contributed by atoms with E-state index in [2.05, 4.69) is 0 Å². The van der Waals surface area contributed by atoms with E-state index < -0.39 is 54.9 Å². The van der Waals surface area contributed by atoms with E-state index >= 15 is 0 Å². The van der Waals surface area contributed by atoms with Gasteiger partial charge >= 0.3 is 0 Å². The van der Waals surface area contributed by atoms with Gasteiger partial charge in [0, 0.05) is 32.1 Å². The first-order valence-corrected chi connectivity index (χ1v) is 12.9. The number of aliphatic hydroxyl groups is 5. The number of benzene rings is 2. The van der Waals surface area contributed by atoms with E-state index in [4.69, 9.17) is 9.47 Å². The van der Waals surface area contributed by atoms with Crippen LogP contribution in [0.2, 0.25) is 0 Å². The van der Waals surface area contributed by atoms with Gasteiger partial charge < -0.3 is 50.3 Å². The maximum Gasteiger partial charge on any atom is 0.229 e. The zero-order valence-corrected chi connectivity index (χ0v) is 21.3. The van der Waals surface area contributed by atoms with Crippen LogP contribution in [0.3, 0.4) is 0 Å². The van der Waals surface area contributed by atoms with Crippen molar-refractivity contribution in [3.8, 4) is 23.0 Å². The number of nitrogens with zero attached hydrogens (tertiary/aromatic N) is 1. The number of phenols is 3. The van der Waals surface area contributed by atoms with E-state index in [1.54, 1.807) is 12.1 Å². The highest BCUT2D eigenvalue weighted by molar-refractivity contribution is 6.02. The van der Waals surface area contributed by atoms with E-state index in [9.17, 15) is 45.6 Å². The van der Waals surface area contributed by atoms with Gasteiger partial charge in [0.25, 0.3) is 0 Å². The van der Waals surface area contributed by atoms with Crippen molar-refractivity contribution in [1.82, 2.24) is 4.90 Å². The van der Waals surface area contributed by atoms with Crippen molar-refractivity contribution < 1.29 is 55.1 Å². The topological polar surface area (TPSA) is 201 Å². The average Bonchev–Trinajstić information content (AvgIpc) is 2.92. The van der Waals surface area contributed by atoms with E-state index in [0.717, 1.165) is 11.6 Å². The summed E-state index contributed by atoms with van der Waals surface area (Å²) in [6, 6.07) is 7.39. The van der Waals surface area contributed by atoms with Crippen molar-refractivity contribution in [2.75, 3.05) is 19.7 Å². The van der Waals surface area contributed by atoms with Crippen LogP contribution in [-0.2, 0) is 17.7 Å². The lowest BCUT2D eigenvalue weighted by Crippen LogP contribution is -2.60. The number of carbonyl (C=O) groups excluding carboxylic acids is 1. The SMILES string of the molecule is O=C(CCc1ccc(O)cc1)c1c(O[C@H]2O[C@@H](CO)[C@H](O)[C@@H](O)[C@@H]2O)cc(O)c(CN2CCC(O)CC2)c1O. The Labute approximate surface area is 224 Å². The molecule has 2 aliphatic rings. The first-order valence-electron chi connectivity index (χ1n) is 12.9. The first kappa shape index (κ1) is 29.0. The van der Waals surface area contributed by atoms with Crippen LogP contribution in [0.25, 0.3) is 0 Å². The van der Waals surface area contributed by atoms with Crippen molar-refractivity contribution in [2.45, 2.75) is 69.0 Å². The molecule has 0 amide bonds. The predicted octanol–water partition coefficient (Wildman–Crippen LogP) is -0.246. The van der Waals surface area contributed by atoms with E-state index in [0.29, 0.717) is 25.9 Å². The molecule has 0 bridgehead atoms. The summed E-state index contributed by atoms with van der Waals surface area (Å²) in [4.78, 5) is 15.4. The average molecular weight is 550 g/mol. The molecule has 0 saturated carbocycles. The van der Waals surface area contributed by atoms with Gasteiger partial charge in [0.05, 0.1) is 18.3 Å². The minimum absolute atomic E-state index is 0.0753. The Kier molecular flexibility index (Phi) is 9.28. The lowest BCUT2D eigenvalue weighted by molar-refractivity contribution is -0.277. The van der Waals surface area contributed by atoms with Crippen LogP contribution < -0.4 is 4.74 Å². The molecule has 39 heavy (non-hydrogen) atoms. The van der Waals surface area contributed by atoms with Crippen LogP contribution in [-0.4, -0.2) is 108 Å². The standard InChI is InChI=1S/C27H35NO11/c29-13-21-24(35)25(36)26(37)27(39-21)38-20-11-19(33)17(12-28-9-7-16(31)8-10-28)23(34)22(20)18(32)6-3-14-1-4-15(30)5-2-14/h1-2,4-5,11,16,21,24-27,29-31,33-37H,3,6-10,12-13H2/t21-,24-,25+,26-,27-/m0/s1. The smallest absolute Gasteiger partial charge is 0.229 e. The molecule has 12 nitrogen and oxygen atoms in total. The lowest BCUT2D eigenvalue weighted by atomic mass is 9.96. The maximum atomic E-state index is 13.4. The van der Waals surface area contributed by atoms with Gasteiger partial charge in [-0.1, -0.05) is 12.1 Å². The summed E-state index contributed by atoms with van der Waals surface area (Å²) in [5, 5.41) is 81.4. The highest BCUT2D eigenvalue weighted by atomic mass is 16.7. The molecule has 2 aromatic carbocycles. The first-order chi connectivity index (χ1) is 18.6. The number of ether oxygens (including phenoxy) is 2. The van der Waals surface area contributed by atoms with E-state index in [-0.39, 0.29) is 47.8 Å². The fourth-order valence-electron chi connectivity index (χ4n) is 4.83. The van der Waals surface area contributed by atoms with Crippen LogP contribution in [0, 0.1) is 0 Å². The van der Waals surface area contributed by atoms with Gasteiger partial charge in [-0.15, -0.1) is 0 Å². The summed E-state index contributed by atoms with van der Waals surface area (Å²) in [5.41, 5.74) is 0.569. The van der Waals surface area contributed by atoms with Crippen LogP contribution in [0.4, 0.5) is 0 Å². The van der Waals surface area contributed by atoms with E-state index in [1.165, 1.54) is 12.1 Å². The number of carbonyl (C=O) groups is 1. The lowest BCUT2D eigenvalue weighted by Gasteiger charge is -2.39. The molecule has 5 atom stereocenters. The van der Waals surface area contributed by atoms with Crippen LogP contribution >= 0.6 is 0 Å². The number of piperidine rings is 1. The third-order valence-corrected chi connectivity index (χ3v) is 7.23. The summed E-state index contributed by atoms with van der Waals surface area (Å²) in [5.74, 6) is -1.69. The van der Waals surface area contributed by atoms with Crippen molar-refractivity contribution in [3.63, 3.8) is 0 Å². The molecular formula is C27H35NO11. The van der Waals surface area contributed by atoms with Gasteiger partial charge in [-0.05, 0) is 37.0 Å². The summed E-state index contributed by atoms with van der Waals surface area (Å²) >= 11 is 0. The Bertz CT molecular complexity index is 1130. The Morgan fingerprint density at radius 2 is 1.64 bits per heavy atom. The van der Waals surface area contributed by atoms with Crippen molar-refractivity contribution in [1.29, 1.82) is 0 Å². The van der Waals surface area contributed by atoms with Gasteiger partial charge in [0.1, 0.15) is 53.0 Å². The third-order valence-electron chi connectivity index (χ3n) is 7.23. The molecule has 12 heteroatoms. The molecule has 2 saturated heterocycles. The molecule has 0 unspecified atom stereocenters. The minimum Gasteiger partial charge on any atom is -0.508 e. The molecule has 0 aromatic heterocycles. The van der Waals surface area contributed by atoms with Crippen LogP contribution in [0.5, 0.6) is 23.0 Å². The molecule has 0 aliphatic carbocycles. The summed E-state index contributed by atoms with van der Waals surface area (Å²) in [6.07, 6.45) is -7.22. The number of likely N-dealkylation sites (tertiary alicyclic amines) is 1. The number of hydrogen-bond donors (Lipinski definition) is 8. The van der Waals surface area contributed by atoms with Gasteiger partial charge in [-0.2, -0.15) is 0 Å². The zero-order chi connectivity index (χ0) is 28.3. The molecule has 0 spiro atoms. The predicted molar refractivity (Wildman–Crippen MR) is 135 cm³/mol. The molecule has 2 aromatic rings. The number of aromatic hydroxyl groups is 3. The monoisotopic (exact) mass is 549 g/mol. The molecule has 4 rings (SSSR count). The second kappa shape index (κ2) is 12.5. The molecule has 8 N–H and O–H groups in total. The number of phenolic OH excluding ortho intramolecular Hbond substituents is 3. The molecule has 214 valence electrons. The molecule has 2 heterocycles. The Morgan fingerprint density at radius 3 is 2.28 bits per heavy atom. The fraction of sp³-hybridized carbons (Fsp3) is 0.519. The largest absolute Gasteiger partial charge is 0.508 e. The molecule has 2 fully saturated rings. The van der Waals surface area contributed by atoms with Gasteiger partial charge in [-0.3, -0.25) is 9.69 Å². The highest BCUT2D eigenvalue weighted by Gasteiger charge is 2.45. The second-order valence-corrected chi connectivity index (χ2v) is 10.0. The van der Waals surface area contributed by atoms with Crippen molar-refractivity contribution in [3.05, 3.63) is 47.0 Å². The quantitative estimate of drug-likeness (QED) is 0.191. The van der Waals surface area contributed by atoms with Crippen molar-refractivity contribution >= 4 is 5.78 Å². The summed E-state index contributed by atoms with van der Waals surface area (Å²) < 4.78 is 11.1. The number of Topliss-reactive ketones (excluding diaryl/α,β-unsaturated/α-hetero) is 1. The summed E-state index contributed by atoms with van der Waals surface area (Å²) in [6.45, 7) is 0.451. The highest BCUT2D eigenvalue weighted by Crippen LogP contribution is 2.41. The van der Waals surface area contributed by atoms with Gasteiger partial charge in [-0.25, -0.2) is 0 Å². The maximum absolute atomic E-state index is 13.4. The minimum atomic E-state index is -1.77. The molecule has 0 radical (unpaired) electrons. The normalized spacial score (nSPS) is 26.4. The number of aryl methyl sites for hydroxylation is 1. The number of rotatable bonds is 9. The van der Waals surface area contributed by atoms with E-state index in [1.807, 2.05) is 4.90 Å². The molecule has 2 aliphatic heterocycles. The second-order valence-electron chi connectivity index (χ2n) is 10.0. The van der Waals surface area contributed by atoms with Crippen LogP contribution in [0.15, 0.2) is 30.3 Å². The fourth-order valence-corrected chi connectivity index (χ4v) is 4.83. The summed E-state index contributed by atoms with van der Waals surface area (Å²) in [7, 11) is 0. The van der Waals surface area contributed by atoms with Crippen LogP contribution in [0.1, 0.15) is 40.7 Å². The Hall–Kier alpha value is -2.97. The molecular weight excluding hydrogens is 514 g/mol. The Morgan fingerprint density at radius 1 is 0.974 bits per heavy atom. The van der Waals surface area contributed by atoms with Gasteiger partial charge in [0.2, 0.25) is 6.29 Å². The number of hydrogen-bond acceptors (Lipinski definition) is 12. The number of aliphatic hydroxyl groups excluding tert-OH is 5.